The Morgan fingerprint density at radius 2 is 1.93 bits per heavy atom. The number of hydrogen-bond acceptors (Lipinski definition) is 2. The number of benzene rings is 1. The highest BCUT2D eigenvalue weighted by Crippen LogP contribution is 2.18. The lowest BCUT2D eigenvalue weighted by Gasteiger charge is -2.19. The van der Waals surface area contributed by atoms with Crippen molar-refractivity contribution in [2.24, 2.45) is 5.92 Å². The van der Waals surface area contributed by atoms with E-state index in [1.165, 1.54) is 0 Å². The molecule has 0 aliphatic heterocycles. The zero-order valence-electron chi connectivity index (χ0n) is 9.37. The van der Waals surface area contributed by atoms with Gasteiger partial charge < -0.3 is 10.1 Å². The Hall–Kier alpha value is -1.18. The molecule has 1 aromatic carbocycles. The molecule has 0 spiro atoms. The molecule has 0 saturated carbocycles. The summed E-state index contributed by atoms with van der Waals surface area (Å²) in [5.41, 5.74) is 1.12. The number of anilines is 1. The van der Waals surface area contributed by atoms with Crippen LogP contribution >= 0.6 is 0 Å². The van der Waals surface area contributed by atoms with Gasteiger partial charge in [0.1, 0.15) is 5.75 Å². The van der Waals surface area contributed by atoms with Crippen molar-refractivity contribution < 1.29 is 4.74 Å². The number of nitrogens with one attached hydrogen (secondary N) is 1. The van der Waals surface area contributed by atoms with Gasteiger partial charge in [-0.3, -0.25) is 0 Å². The van der Waals surface area contributed by atoms with Crippen molar-refractivity contribution in [1.29, 1.82) is 0 Å². The fourth-order valence-corrected chi connectivity index (χ4v) is 1.14. The van der Waals surface area contributed by atoms with Crippen molar-refractivity contribution in [3.8, 4) is 5.75 Å². The van der Waals surface area contributed by atoms with Crippen LogP contribution in [0.3, 0.4) is 0 Å². The molecule has 0 aliphatic carbocycles. The molecule has 0 unspecified atom stereocenters. The first-order chi connectivity index (χ1) is 6.63. The van der Waals surface area contributed by atoms with E-state index in [0.717, 1.165) is 11.4 Å². The molecule has 1 aromatic rings. The molecule has 0 fully saturated rings. The van der Waals surface area contributed by atoms with Gasteiger partial charge in [0, 0.05) is 17.8 Å². The molecular formula is C12H19NO. The second-order valence-corrected chi connectivity index (χ2v) is 3.91. The van der Waals surface area contributed by atoms with Crippen LogP contribution in [0.1, 0.15) is 20.8 Å². The Labute approximate surface area is 86.3 Å². The summed E-state index contributed by atoms with van der Waals surface area (Å²) >= 11 is 0. The SMILES string of the molecule is COc1cccc(N[C@@H](C)C(C)C)c1. The van der Waals surface area contributed by atoms with Crippen LogP contribution in [0.2, 0.25) is 0 Å². The minimum atomic E-state index is 0.474. The largest absolute Gasteiger partial charge is 0.497 e. The highest BCUT2D eigenvalue weighted by molar-refractivity contribution is 5.48. The van der Waals surface area contributed by atoms with Gasteiger partial charge in [0.05, 0.1) is 7.11 Å². The van der Waals surface area contributed by atoms with Crippen molar-refractivity contribution in [3.63, 3.8) is 0 Å². The van der Waals surface area contributed by atoms with Crippen molar-refractivity contribution >= 4 is 5.69 Å². The zero-order valence-corrected chi connectivity index (χ0v) is 9.37. The molecule has 0 bridgehead atoms. The summed E-state index contributed by atoms with van der Waals surface area (Å²) in [7, 11) is 1.69. The van der Waals surface area contributed by atoms with Crippen molar-refractivity contribution in [2.45, 2.75) is 26.8 Å². The topological polar surface area (TPSA) is 21.3 Å². The van der Waals surface area contributed by atoms with Gasteiger partial charge in [-0.25, -0.2) is 0 Å². The van der Waals surface area contributed by atoms with Crippen molar-refractivity contribution in [3.05, 3.63) is 24.3 Å². The van der Waals surface area contributed by atoms with E-state index in [9.17, 15) is 0 Å². The van der Waals surface area contributed by atoms with E-state index in [1.54, 1.807) is 7.11 Å². The normalized spacial score (nSPS) is 12.6. The zero-order chi connectivity index (χ0) is 10.6. The lowest BCUT2D eigenvalue weighted by molar-refractivity contribution is 0.415. The summed E-state index contributed by atoms with van der Waals surface area (Å²) in [4.78, 5) is 0. The van der Waals surface area contributed by atoms with Gasteiger partial charge in [-0.1, -0.05) is 19.9 Å². The molecule has 1 N–H and O–H groups in total. The third-order valence-electron chi connectivity index (χ3n) is 2.46. The van der Waals surface area contributed by atoms with Gasteiger partial charge in [0.2, 0.25) is 0 Å². The van der Waals surface area contributed by atoms with Gasteiger partial charge in [-0.2, -0.15) is 0 Å². The molecule has 2 nitrogen and oxygen atoms in total. The first-order valence-electron chi connectivity index (χ1n) is 5.04. The second kappa shape index (κ2) is 4.89. The fourth-order valence-electron chi connectivity index (χ4n) is 1.14. The number of hydrogen-bond donors (Lipinski definition) is 1. The molecular weight excluding hydrogens is 174 g/mol. The lowest BCUT2D eigenvalue weighted by Crippen LogP contribution is -2.21. The van der Waals surface area contributed by atoms with Crippen LogP contribution in [-0.4, -0.2) is 13.2 Å². The van der Waals surface area contributed by atoms with Crippen LogP contribution in [0.25, 0.3) is 0 Å². The van der Waals surface area contributed by atoms with Crippen LogP contribution in [0.4, 0.5) is 5.69 Å². The maximum Gasteiger partial charge on any atom is 0.120 e. The fraction of sp³-hybridized carbons (Fsp3) is 0.500. The Bertz CT molecular complexity index is 283. The maximum absolute atomic E-state index is 5.16. The Kier molecular flexibility index (Phi) is 3.81. The van der Waals surface area contributed by atoms with Crippen LogP contribution in [0.5, 0.6) is 5.75 Å². The van der Waals surface area contributed by atoms with Crippen LogP contribution < -0.4 is 10.1 Å². The number of methoxy groups -OCH3 is 1. The van der Waals surface area contributed by atoms with E-state index in [4.69, 9.17) is 4.74 Å². The Morgan fingerprint density at radius 1 is 1.21 bits per heavy atom. The maximum atomic E-state index is 5.16. The summed E-state index contributed by atoms with van der Waals surface area (Å²) in [6, 6.07) is 8.49. The van der Waals surface area contributed by atoms with Gasteiger partial charge in [-0.15, -0.1) is 0 Å². The predicted molar refractivity (Wildman–Crippen MR) is 60.9 cm³/mol. The molecule has 1 atom stereocenters. The smallest absolute Gasteiger partial charge is 0.120 e. The minimum Gasteiger partial charge on any atom is -0.497 e. The van der Waals surface area contributed by atoms with Crippen LogP contribution in [0, 0.1) is 5.92 Å². The van der Waals surface area contributed by atoms with Gasteiger partial charge >= 0.3 is 0 Å². The highest BCUT2D eigenvalue weighted by atomic mass is 16.5. The third-order valence-corrected chi connectivity index (χ3v) is 2.46. The molecule has 14 heavy (non-hydrogen) atoms. The van der Waals surface area contributed by atoms with Crippen LogP contribution in [-0.2, 0) is 0 Å². The van der Waals surface area contributed by atoms with E-state index in [0.29, 0.717) is 12.0 Å². The average Bonchev–Trinajstić information content (AvgIpc) is 2.18. The highest BCUT2D eigenvalue weighted by Gasteiger charge is 2.06. The second-order valence-electron chi connectivity index (χ2n) is 3.91. The van der Waals surface area contributed by atoms with Crippen molar-refractivity contribution in [2.75, 3.05) is 12.4 Å². The van der Waals surface area contributed by atoms with Gasteiger partial charge in [0.25, 0.3) is 0 Å². The standard InChI is InChI=1S/C12H19NO/c1-9(2)10(3)13-11-6-5-7-12(8-11)14-4/h5-10,13H,1-4H3/t10-/m0/s1. The van der Waals surface area contributed by atoms with Crippen molar-refractivity contribution in [1.82, 2.24) is 0 Å². The minimum absolute atomic E-state index is 0.474. The number of ether oxygens (including phenoxy) is 1. The molecule has 2 heteroatoms. The summed E-state index contributed by atoms with van der Waals surface area (Å²) in [5.74, 6) is 1.52. The first-order valence-corrected chi connectivity index (χ1v) is 5.04. The quantitative estimate of drug-likeness (QED) is 0.793. The number of rotatable bonds is 4. The van der Waals surface area contributed by atoms with Gasteiger partial charge in [0.15, 0.2) is 0 Å². The first kappa shape index (κ1) is 10.9. The van der Waals surface area contributed by atoms with Gasteiger partial charge in [-0.05, 0) is 25.0 Å². The summed E-state index contributed by atoms with van der Waals surface area (Å²) in [5, 5.41) is 3.44. The molecule has 1 rings (SSSR count). The van der Waals surface area contributed by atoms with E-state index < -0.39 is 0 Å². The predicted octanol–water partition coefficient (Wildman–Crippen LogP) is 3.15. The third kappa shape index (κ3) is 2.95. The Balaban J connectivity index is 2.66. The monoisotopic (exact) mass is 193 g/mol. The molecule has 0 heterocycles. The molecule has 0 aromatic heterocycles. The molecule has 0 saturated heterocycles. The van der Waals surface area contributed by atoms with E-state index in [2.05, 4.69) is 32.2 Å². The van der Waals surface area contributed by atoms with Crippen LogP contribution in [0.15, 0.2) is 24.3 Å². The molecule has 0 radical (unpaired) electrons. The van der Waals surface area contributed by atoms with E-state index >= 15 is 0 Å². The lowest BCUT2D eigenvalue weighted by atomic mass is 10.1. The summed E-state index contributed by atoms with van der Waals surface area (Å²) in [6.45, 7) is 6.60. The van der Waals surface area contributed by atoms with E-state index in [-0.39, 0.29) is 0 Å². The summed E-state index contributed by atoms with van der Waals surface area (Å²) < 4.78 is 5.16. The average molecular weight is 193 g/mol. The molecule has 78 valence electrons. The molecule has 0 amide bonds. The van der Waals surface area contributed by atoms with E-state index in [1.807, 2.05) is 18.2 Å². The summed E-state index contributed by atoms with van der Waals surface area (Å²) in [6.07, 6.45) is 0. The molecule has 0 aliphatic rings. The Morgan fingerprint density at radius 3 is 2.50 bits per heavy atom.